The van der Waals surface area contributed by atoms with Crippen LogP contribution in [0.2, 0.25) is 0 Å². The van der Waals surface area contributed by atoms with Crippen LogP contribution < -0.4 is 9.64 Å². The molecule has 33 heavy (non-hydrogen) atoms. The molecule has 0 spiro atoms. The first kappa shape index (κ1) is 21.6. The number of hydrogen-bond donors (Lipinski definition) is 0. The smallest absolute Gasteiger partial charge is 0.277 e. The molecular weight excluding hydrogens is 454 g/mol. The Bertz CT molecular complexity index is 1260. The summed E-state index contributed by atoms with van der Waals surface area (Å²) >= 11 is 2.90. The molecule has 0 aliphatic carbocycles. The third kappa shape index (κ3) is 4.77. The highest BCUT2D eigenvalue weighted by atomic mass is 32.2. The average molecular weight is 476 g/mol. The van der Waals surface area contributed by atoms with Crippen molar-refractivity contribution in [3.63, 3.8) is 0 Å². The third-order valence-electron chi connectivity index (χ3n) is 5.01. The molecule has 8 heteroatoms. The number of para-hydroxylation sites is 2. The monoisotopic (exact) mass is 475 g/mol. The van der Waals surface area contributed by atoms with E-state index in [0.717, 1.165) is 38.0 Å². The van der Waals surface area contributed by atoms with Crippen LogP contribution in [0.15, 0.2) is 86.2 Å². The number of rotatable bonds is 6. The van der Waals surface area contributed by atoms with Crippen LogP contribution in [0.25, 0.3) is 0 Å². The SMILES string of the molecule is Cc1cc(C)cc(OCc2nnc(SCC(=O)N3c4ccccc4Sc4ccccc43)o2)c1. The van der Waals surface area contributed by atoms with Gasteiger partial charge in [0.25, 0.3) is 11.1 Å². The summed E-state index contributed by atoms with van der Waals surface area (Å²) in [5.41, 5.74) is 4.04. The fourth-order valence-corrected chi connectivity index (χ4v) is 5.37. The fourth-order valence-electron chi connectivity index (χ4n) is 3.68. The van der Waals surface area contributed by atoms with Gasteiger partial charge in [-0.1, -0.05) is 53.9 Å². The molecule has 0 saturated carbocycles. The molecule has 0 bridgehead atoms. The fraction of sp³-hybridized carbons (Fsp3) is 0.160. The maximum absolute atomic E-state index is 13.3. The number of aromatic nitrogens is 2. The molecule has 0 atom stereocenters. The first-order valence-corrected chi connectivity index (χ1v) is 12.2. The van der Waals surface area contributed by atoms with Crippen molar-refractivity contribution in [2.45, 2.75) is 35.5 Å². The number of ether oxygens (including phenoxy) is 1. The van der Waals surface area contributed by atoms with Crippen molar-refractivity contribution in [3.05, 3.63) is 83.7 Å². The van der Waals surface area contributed by atoms with Crippen molar-refractivity contribution >= 4 is 40.8 Å². The summed E-state index contributed by atoms with van der Waals surface area (Å²) in [7, 11) is 0. The van der Waals surface area contributed by atoms with Gasteiger partial charge in [-0.2, -0.15) is 0 Å². The van der Waals surface area contributed by atoms with Crippen molar-refractivity contribution in [2.24, 2.45) is 0 Å². The molecule has 3 aromatic carbocycles. The number of anilines is 2. The van der Waals surface area contributed by atoms with Crippen LogP contribution in [-0.2, 0) is 11.4 Å². The highest BCUT2D eigenvalue weighted by molar-refractivity contribution is 8.00. The van der Waals surface area contributed by atoms with Gasteiger partial charge in [0.2, 0.25) is 5.91 Å². The molecule has 2 heterocycles. The minimum Gasteiger partial charge on any atom is -0.484 e. The second-order valence-corrected chi connectivity index (χ2v) is 9.64. The van der Waals surface area contributed by atoms with Crippen LogP contribution in [-0.4, -0.2) is 21.9 Å². The number of aryl methyl sites for hydroxylation is 2. The van der Waals surface area contributed by atoms with E-state index in [4.69, 9.17) is 9.15 Å². The van der Waals surface area contributed by atoms with E-state index in [1.807, 2.05) is 74.5 Å². The lowest BCUT2D eigenvalue weighted by molar-refractivity contribution is -0.115. The van der Waals surface area contributed by atoms with Gasteiger partial charge in [-0.15, -0.1) is 10.2 Å². The van der Waals surface area contributed by atoms with E-state index >= 15 is 0 Å². The van der Waals surface area contributed by atoms with E-state index in [1.54, 1.807) is 16.7 Å². The molecule has 4 aromatic rings. The number of carbonyl (C=O) groups is 1. The molecule has 6 nitrogen and oxygen atoms in total. The molecular formula is C25H21N3O3S2. The van der Waals surface area contributed by atoms with E-state index in [1.165, 1.54) is 11.8 Å². The number of benzene rings is 3. The van der Waals surface area contributed by atoms with Crippen LogP contribution in [0.3, 0.4) is 0 Å². The van der Waals surface area contributed by atoms with Crippen LogP contribution in [0.4, 0.5) is 11.4 Å². The first-order chi connectivity index (χ1) is 16.1. The number of thioether (sulfide) groups is 1. The molecule has 0 unspecified atom stereocenters. The van der Waals surface area contributed by atoms with Crippen LogP contribution in [0.1, 0.15) is 17.0 Å². The van der Waals surface area contributed by atoms with E-state index in [2.05, 4.69) is 16.3 Å². The zero-order chi connectivity index (χ0) is 22.8. The highest BCUT2D eigenvalue weighted by Crippen LogP contribution is 2.48. The van der Waals surface area contributed by atoms with E-state index < -0.39 is 0 Å². The van der Waals surface area contributed by atoms with Gasteiger partial charge in [0.15, 0.2) is 6.61 Å². The lowest BCUT2D eigenvalue weighted by Crippen LogP contribution is -2.29. The number of amides is 1. The van der Waals surface area contributed by atoms with Gasteiger partial charge in [0.1, 0.15) is 5.75 Å². The standard InChI is InChI=1S/C25H21N3O3S2/c1-16-11-17(2)13-18(12-16)30-14-23-26-27-25(31-23)32-15-24(29)28-19-7-3-5-9-21(19)33-22-10-6-4-8-20(22)28/h3-13H,14-15H2,1-2H3. The summed E-state index contributed by atoms with van der Waals surface area (Å²) < 4.78 is 11.5. The van der Waals surface area contributed by atoms with Gasteiger partial charge >= 0.3 is 0 Å². The van der Waals surface area contributed by atoms with Crippen molar-refractivity contribution in [3.8, 4) is 5.75 Å². The molecule has 0 fully saturated rings. The lowest BCUT2D eigenvalue weighted by atomic mass is 10.1. The normalized spacial score (nSPS) is 12.2. The largest absolute Gasteiger partial charge is 0.484 e. The Morgan fingerprint density at radius 1 is 0.970 bits per heavy atom. The second kappa shape index (κ2) is 9.33. The quantitative estimate of drug-likeness (QED) is 0.308. The average Bonchev–Trinajstić information content (AvgIpc) is 3.27. The van der Waals surface area contributed by atoms with Crippen molar-refractivity contribution in [1.82, 2.24) is 10.2 Å². The van der Waals surface area contributed by atoms with Crippen LogP contribution in [0.5, 0.6) is 5.75 Å². The molecule has 1 aromatic heterocycles. The molecule has 0 N–H and O–H groups in total. The molecule has 5 rings (SSSR count). The summed E-state index contributed by atoms with van der Waals surface area (Å²) in [5.74, 6) is 1.25. The molecule has 166 valence electrons. The Balaban J connectivity index is 1.25. The van der Waals surface area contributed by atoms with Gasteiger partial charge in [0, 0.05) is 9.79 Å². The molecule has 1 amide bonds. The van der Waals surface area contributed by atoms with Crippen LogP contribution in [0, 0.1) is 13.8 Å². The first-order valence-electron chi connectivity index (χ1n) is 10.4. The minimum atomic E-state index is -0.0496. The number of fused-ring (bicyclic) bond motifs is 2. The number of carbonyl (C=O) groups excluding carboxylic acids is 1. The molecule has 0 radical (unpaired) electrons. The van der Waals surface area contributed by atoms with Crippen molar-refractivity contribution in [2.75, 3.05) is 10.7 Å². The number of hydrogen-bond acceptors (Lipinski definition) is 7. The summed E-state index contributed by atoms with van der Waals surface area (Å²) in [6, 6.07) is 21.9. The maximum atomic E-state index is 13.3. The van der Waals surface area contributed by atoms with Crippen LogP contribution >= 0.6 is 23.5 Å². The summed E-state index contributed by atoms with van der Waals surface area (Å²) in [6.07, 6.45) is 0. The molecule has 0 saturated heterocycles. The Labute approximate surface area is 200 Å². The predicted octanol–water partition coefficient (Wildman–Crippen LogP) is 6.19. The third-order valence-corrected chi connectivity index (χ3v) is 6.94. The topological polar surface area (TPSA) is 68.5 Å². The van der Waals surface area contributed by atoms with Gasteiger partial charge < -0.3 is 9.15 Å². The van der Waals surface area contributed by atoms with Crippen molar-refractivity contribution < 1.29 is 13.9 Å². The van der Waals surface area contributed by atoms with Gasteiger partial charge in [0.05, 0.1) is 17.1 Å². The van der Waals surface area contributed by atoms with E-state index in [9.17, 15) is 4.79 Å². The predicted molar refractivity (Wildman–Crippen MR) is 129 cm³/mol. The summed E-state index contributed by atoms with van der Waals surface area (Å²) in [5, 5.41) is 8.45. The van der Waals surface area contributed by atoms with Gasteiger partial charge in [-0.3, -0.25) is 9.69 Å². The Kier molecular flexibility index (Phi) is 6.11. The number of nitrogens with zero attached hydrogens (tertiary/aromatic N) is 3. The van der Waals surface area contributed by atoms with Gasteiger partial charge in [-0.25, -0.2) is 0 Å². The Hall–Kier alpha value is -3.23. The lowest BCUT2D eigenvalue weighted by Gasteiger charge is -2.30. The minimum absolute atomic E-state index is 0.0496. The summed E-state index contributed by atoms with van der Waals surface area (Å²) in [6.45, 7) is 4.22. The van der Waals surface area contributed by atoms with E-state index in [0.29, 0.717) is 11.1 Å². The molecule has 1 aliphatic heterocycles. The second-order valence-electron chi connectivity index (χ2n) is 7.63. The van der Waals surface area contributed by atoms with Crippen molar-refractivity contribution in [1.29, 1.82) is 0 Å². The Morgan fingerprint density at radius 3 is 2.27 bits per heavy atom. The highest BCUT2D eigenvalue weighted by Gasteiger charge is 2.28. The zero-order valence-electron chi connectivity index (χ0n) is 18.1. The zero-order valence-corrected chi connectivity index (χ0v) is 19.8. The Morgan fingerprint density at radius 2 is 1.61 bits per heavy atom. The van der Waals surface area contributed by atoms with Gasteiger partial charge in [-0.05, 0) is 61.4 Å². The van der Waals surface area contributed by atoms with E-state index in [-0.39, 0.29) is 18.3 Å². The maximum Gasteiger partial charge on any atom is 0.277 e. The molecule has 1 aliphatic rings. The summed E-state index contributed by atoms with van der Waals surface area (Å²) in [4.78, 5) is 17.1.